The van der Waals surface area contributed by atoms with Gasteiger partial charge in [0.25, 0.3) is 0 Å². The van der Waals surface area contributed by atoms with Crippen molar-refractivity contribution in [1.82, 2.24) is 0 Å². The number of nitrogens with two attached hydrogens (primary N) is 1. The summed E-state index contributed by atoms with van der Waals surface area (Å²) in [6.45, 7) is 1.83. The van der Waals surface area contributed by atoms with Crippen LogP contribution < -0.4 is 15.2 Å². The number of halogens is 2. The van der Waals surface area contributed by atoms with E-state index in [0.717, 1.165) is 10.2 Å². The molecule has 2 aromatic rings. The van der Waals surface area contributed by atoms with Gasteiger partial charge in [-0.25, -0.2) is 4.39 Å². The monoisotopic (exact) mass is 353 g/mol. The molecule has 2 atom stereocenters. The van der Waals surface area contributed by atoms with Gasteiger partial charge in [0.15, 0.2) is 0 Å². The SMILES string of the molecule is COc1ccc(OC(c2cccc(F)c2)C(C)N)c(Br)c1. The van der Waals surface area contributed by atoms with Crippen molar-refractivity contribution in [2.45, 2.75) is 19.1 Å². The van der Waals surface area contributed by atoms with Crippen LogP contribution in [-0.2, 0) is 0 Å². The summed E-state index contributed by atoms with van der Waals surface area (Å²) >= 11 is 3.43. The van der Waals surface area contributed by atoms with Crippen LogP contribution in [0.3, 0.4) is 0 Å². The zero-order chi connectivity index (χ0) is 15.4. The molecule has 0 aromatic heterocycles. The molecule has 0 fully saturated rings. The van der Waals surface area contributed by atoms with Crippen LogP contribution in [0.5, 0.6) is 11.5 Å². The van der Waals surface area contributed by atoms with Crippen molar-refractivity contribution in [3.63, 3.8) is 0 Å². The molecule has 0 bridgehead atoms. The Kier molecular flexibility index (Phi) is 5.20. The van der Waals surface area contributed by atoms with E-state index in [0.29, 0.717) is 11.3 Å². The van der Waals surface area contributed by atoms with Crippen LogP contribution in [0.4, 0.5) is 4.39 Å². The summed E-state index contributed by atoms with van der Waals surface area (Å²) in [5.74, 6) is 1.04. The molecule has 2 rings (SSSR count). The van der Waals surface area contributed by atoms with Gasteiger partial charge in [-0.05, 0) is 58.7 Å². The lowest BCUT2D eigenvalue weighted by atomic mass is 10.0. The highest BCUT2D eigenvalue weighted by Gasteiger charge is 2.20. The number of hydrogen-bond donors (Lipinski definition) is 1. The number of benzene rings is 2. The van der Waals surface area contributed by atoms with Crippen LogP contribution in [0.15, 0.2) is 46.9 Å². The number of ether oxygens (including phenoxy) is 2. The molecule has 2 N–H and O–H groups in total. The van der Waals surface area contributed by atoms with E-state index in [-0.39, 0.29) is 11.9 Å². The molecule has 2 aromatic carbocycles. The van der Waals surface area contributed by atoms with Gasteiger partial charge in [0.05, 0.1) is 11.6 Å². The van der Waals surface area contributed by atoms with Crippen LogP contribution in [-0.4, -0.2) is 13.2 Å². The first-order valence-electron chi connectivity index (χ1n) is 6.52. The predicted molar refractivity (Wildman–Crippen MR) is 84.1 cm³/mol. The first-order chi connectivity index (χ1) is 10.0. The quantitative estimate of drug-likeness (QED) is 0.881. The standard InChI is InChI=1S/C16H17BrFNO2/c1-10(19)16(11-4-3-5-12(18)8-11)21-15-7-6-13(20-2)9-14(15)17/h3-10,16H,19H2,1-2H3. The Morgan fingerprint density at radius 3 is 2.52 bits per heavy atom. The van der Waals surface area contributed by atoms with Crippen LogP contribution in [0.2, 0.25) is 0 Å². The van der Waals surface area contributed by atoms with E-state index in [1.807, 2.05) is 6.92 Å². The minimum Gasteiger partial charge on any atom is -0.497 e. The summed E-state index contributed by atoms with van der Waals surface area (Å²) < 4.78 is 25.2. The molecule has 0 spiro atoms. The van der Waals surface area contributed by atoms with Gasteiger partial charge in [-0.15, -0.1) is 0 Å². The number of hydrogen-bond acceptors (Lipinski definition) is 3. The van der Waals surface area contributed by atoms with E-state index < -0.39 is 6.10 Å². The maximum Gasteiger partial charge on any atom is 0.139 e. The molecule has 0 aliphatic carbocycles. The second-order valence-corrected chi connectivity index (χ2v) is 5.60. The fraction of sp³-hybridized carbons (Fsp3) is 0.250. The van der Waals surface area contributed by atoms with Gasteiger partial charge in [0.1, 0.15) is 23.4 Å². The van der Waals surface area contributed by atoms with Crippen molar-refractivity contribution >= 4 is 15.9 Å². The highest BCUT2D eigenvalue weighted by Crippen LogP contribution is 2.33. The van der Waals surface area contributed by atoms with Gasteiger partial charge < -0.3 is 15.2 Å². The molecule has 0 aliphatic heterocycles. The van der Waals surface area contributed by atoms with Gasteiger partial charge in [-0.2, -0.15) is 0 Å². The average molecular weight is 354 g/mol. The summed E-state index contributed by atoms with van der Waals surface area (Å²) in [5, 5.41) is 0. The van der Waals surface area contributed by atoms with E-state index in [1.54, 1.807) is 37.4 Å². The van der Waals surface area contributed by atoms with Crippen molar-refractivity contribution in [2.75, 3.05) is 7.11 Å². The van der Waals surface area contributed by atoms with Gasteiger partial charge in [-0.1, -0.05) is 12.1 Å². The van der Waals surface area contributed by atoms with Crippen molar-refractivity contribution < 1.29 is 13.9 Å². The topological polar surface area (TPSA) is 44.5 Å². The lowest BCUT2D eigenvalue weighted by molar-refractivity contribution is 0.178. The van der Waals surface area contributed by atoms with Crippen LogP contribution >= 0.6 is 15.9 Å². The third-order valence-corrected chi connectivity index (χ3v) is 3.67. The van der Waals surface area contributed by atoms with E-state index in [4.69, 9.17) is 15.2 Å². The normalized spacial score (nSPS) is 13.6. The number of methoxy groups -OCH3 is 1. The summed E-state index contributed by atoms with van der Waals surface area (Å²) in [4.78, 5) is 0. The van der Waals surface area contributed by atoms with Gasteiger partial charge >= 0.3 is 0 Å². The fourth-order valence-electron chi connectivity index (χ4n) is 2.00. The zero-order valence-electron chi connectivity index (χ0n) is 11.8. The first-order valence-corrected chi connectivity index (χ1v) is 7.32. The molecule has 0 heterocycles. The van der Waals surface area contributed by atoms with Crippen molar-refractivity contribution in [1.29, 1.82) is 0 Å². The molecule has 0 amide bonds. The highest BCUT2D eigenvalue weighted by atomic mass is 79.9. The molecular weight excluding hydrogens is 337 g/mol. The Bertz CT molecular complexity index is 619. The van der Waals surface area contributed by atoms with E-state index >= 15 is 0 Å². The second kappa shape index (κ2) is 6.91. The largest absolute Gasteiger partial charge is 0.497 e. The lowest BCUT2D eigenvalue weighted by Gasteiger charge is -2.23. The average Bonchev–Trinajstić information content (AvgIpc) is 2.45. The van der Waals surface area contributed by atoms with Gasteiger partial charge in [-0.3, -0.25) is 0 Å². The Labute approximate surface area is 132 Å². The Morgan fingerprint density at radius 2 is 1.95 bits per heavy atom. The van der Waals surface area contributed by atoms with Crippen LogP contribution in [0.1, 0.15) is 18.6 Å². The molecule has 21 heavy (non-hydrogen) atoms. The molecule has 0 saturated heterocycles. The zero-order valence-corrected chi connectivity index (χ0v) is 13.4. The van der Waals surface area contributed by atoms with E-state index in [1.165, 1.54) is 12.1 Å². The summed E-state index contributed by atoms with van der Waals surface area (Å²) in [6.07, 6.45) is -0.439. The smallest absolute Gasteiger partial charge is 0.139 e. The predicted octanol–water partition coefficient (Wildman–Crippen LogP) is 4.06. The molecule has 0 radical (unpaired) electrons. The molecule has 0 saturated carbocycles. The maximum absolute atomic E-state index is 13.4. The highest BCUT2D eigenvalue weighted by molar-refractivity contribution is 9.10. The Balaban J connectivity index is 2.29. The lowest BCUT2D eigenvalue weighted by Crippen LogP contribution is -2.29. The maximum atomic E-state index is 13.4. The molecule has 112 valence electrons. The van der Waals surface area contributed by atoms with Crippen molar-refractivity contribution in [3.05, 3.63) is 58.3 Å². The van der Waals surface area contributed by atoms with Crippen LogP contribution in [0.25, 0.3) is 0 Å². The molecule has 0 aliphatic rings. The molecular formula is C16H17BrFNO2. The summed E-state index contributed by atoms with van der Waals surface area (Å²) in [7, 11) is 1.60. The Morgan fingerprint density at radius 1 is 1.19 bits per heavy atom. The first kappa shape index (κ1) is 15.8. The minimum absolute atomic E-state index is 0.291. The molecule has 2 unspecified atom stereocenters. The van der Waals surface area contributed by atoms with E-state index in [9.17, 15) is 4.39 Å². The molecule has 3 nitrogen and oxygen atoms in total. The molecule has 5 heteroatoms. The third-order valence-electron chi connectivity index (χ3n) is 3.05. The summed E-state index contributed by atoms with van der Waals surface area (Å²) in [5.41, 5.74) is 6.69. The minimum atomic E-state index is -0.439. The van der Waals surface area contributed by atoms with E-state index in [2.05, 4.69) is 15.9 Å². The third kappa shape index (κ3) is 3.95. The van der Waals surface area contributed by atoms with Crippen LogP contribution in [0, 0.1) is 5.82 Å². The Hall–Kier alpha value is -1.59. The van der Waals surface area contributed by atoms with Gasteiger partial charge in [0, 0.05) is 6.04 Å². The summed E-state index contributed by atoms with van der Waals surface area (Å²) in [6, 6.07) is 11.4. The van der Waals surface area contributed by atoms with Crippen molar-refractivity contribution in [3.8, 4) is 11.5 Å². The number of rotatable bonds is 5. The second-order valence-electron chi connectivity index (χ2n) is 4.75. The van der Waals surface area contributed by atoms with Crippen molar-refractivity contribution in [2.24, 2.45) is 5.73 Å². The fourth-order valence-corrected chi connectivity index (χ4v) is 2.45. The van der Waals surface area contributed by atoms with Gasteiger partial charge in [0.2, 0.25) is 0 Å².